The number of fused-ring (bicyclic) bond motifs is 1. The number of nitrogens with zero attached hydrogens (tertiary/aromatic N) is 1. The summed E-state index contributed by atoms with van der Waals surface area (Å²) in [5.74, 6) is 0.882. The Morgan fingerprint density at radius 1 is 1.21 bits per heavy atom. The first-order chi connectivity index (χ1) is 14.3. The van der Waals surface area contributed by atoms with Crippen LogP contribution in [0.2, 0.25) is 0 Å². The maximum Gasteiger partial charge on any atom is 0.191 e. The van der Waals surface area contributed by atoms with Crippen LogP contribution in [-0.2, 0) is 22.3 Å². The van der Waals surface area contributed by atoms with Crippen molar-refractivity contribution >= 4 is 16.9 Å². The van der Waals surface area contributed by atoms with Crippen LogP contribution in [-0.4, -0.2) is 56.5 Å². The van der Waals surface area contributed by atoms with Crippen LogP contribution >= 0.6 is 0 Å². The Bertz CT molecular complexity index is 765. The normalized spacial score (nSPS) is 15.7. The minimum Gasteiger partial charge on any atom is -0.381 e. The lowest BCUT2D eigenvalue weighted by Crippen LogP contribution is -2.38. The number of aromatic amines is 1. The summed E-state index contributed by atoms with van der Waals surface area (Å²) in [6, 6.07) is 6.56. The summed E-state index contributed by atoms with van der Waals surface area (Å²) in [6.07, 6.45) is 7.49. The van der Waals surface area contributed by atoms with Gasteiger partial charge in [-0.3, -0.25) is 4.99 Å². The second-order valence-corrected chi connectivity index (χ2v) is 7.48. The van der Waals surface area contributed by atoms with Gasteiger partial charge in [0.05, 0.1) is 6.10 Å². The molecule has 1 saturated heterocycles. The molecule has 6 heteroatoms. The molecule has 160 valence electrons. The van der Waals surface area contributed by atoms with Crippen molar-refractivity contribution in [1.82, 2.24) is 15.6 Å². The molecule has 0 amide bonds. The van der Waals surface area contributed by atoms with Crippen LogP contribution < -0.4 is 10.6 Å². The predicted molar refractivity (Wildman–Crippen MR) is 120 cm³/mol. The van der Waals surface area contributed by atoms with Gasteiger partial charge < -0.3 is 25.1 Å². The molecule has 0 radical (unpaired) electrons. The first-order valence-corrected chi connectivity index (χ1v) is 11.1. The van der Waals surface area contributed by atoms with Gasteiger partial charge in [-0.2, -0.15) is 0 Å². The molecule has 1 aromatic carbocycles. The van der Waals surface area contributed by atoms with Gasteiger partial charge in [0.1, 0.15) is 0 Å². The van der Waals surface area contributed by atoms with Crippen molar-refractivity contribution in [2.45, 2.75) is 52.1 Å². The number of guanidine groups is 1. The Kier molecular flexibility index (Phi) is 8.83. The van der Waals surface area contributed by atoms with E-state index < -0.39 is 0 Å². The third kappa shape index (κ3) is 6.47. The molecule has 6 nitrogen and oxygen atoms in total. The second kappa shape index (κ2) is 11.8. The molecule has 3 rings (SSSR count). The number of rotatable bonds is 10. The molecule has 29 heavy (non-hydrogen) atoms. The standard InChI is InChI=1S/C23H36N4O2/c1-3-18-7-5-8-21-19(17-27-22(18)21)9-13-26-23(24-4-2)25-12-6-14-29-20-10-15-28-16-11-20/h5,7-8,17,20,27H,3-4,6,9-16H2,1-2H3,(H2,24,25,26). The minimum absolute atomic E-state index is 0.364. The number of aliphatic imine (C=N–C) groups is 1. The number of hydrogen-bond acceptors (Lipinski definition) is 3. The highest BCUT2D eigenvalue weighted by Crippen LogP contribution is 2.22. The zero-order chi connectivity index (χ0) is 20.3. The van der Waals surface area contributed by atoms with E-state index in [4.69, 9.17) is 9.47 Å². The maximum absolute atomic E-state index is 5.92. The molecule has 0 spiro atoms. The number of benzene rings is 1. The zero-order valence-corrected chi connectivity index (χ0v) is 17.9. The molecule has 1 aliphatic heterocycles. The van der Waals surface area contributed by atoms with Crippen molar-refractivity contribution < 1.29 is 9.47 Å². The maximum atomic E-state index is 5.92. The van der Waals surface area contributed by atoms with Crippen molar-refractivity contribution in [3.63, 3.8) is 0 Å². The van der Waals surface area contributed by atoms with Crippen molar-refractivity contribution in [3.05, 3.63) is 35.5 Å². The fraction of sp³-hybridized carbons (Fsp3) is 0.609. The number of nitrogens with one attached hydrogen (secondary N) is 3. The summed E-state index contributed by atoms with van der Waals surface area (Å²) in [5.41, 5.74) is 4.00. The summed E-state index contributed by atoms with van der Waals surface area (Å²) in [4.78, 5) is 8.14. The first kappa shape index (κ1) is 21.7. The molecule has 0 aliphatic carbocycles. The Balaban J connectivity index is 1.42. The third-order valence-corrected chi connectivity index (χ3v) is 5.39. The summed E-state index contributed by atoms with van der Waals surface area (Å²) >= 11 is 0. The molecule has 0 atom stereocenters. The highest BCUT2D eigenvalue weighted by Gasteiger charge is 2.13. The average Bonchev–Trinajstić information content (AvgIpc) is 3.17. The lowest BCUT2D eigenvalue weighted by Gasteiger charge is -2.22. The van der Waals surface area contributed by atoms with Gasteiger partial charge in [0.25, 0.3) is 0 Å². The summed E-state index contributed by atoms with van der Waals surface area (Å²) in [7, 11) is 0. The minimum atomic E-state index is 0.364. The van der Waals surface area contributed by atoms with Crippen LogP contribution in [0.15, 0.2) is 29.4 Å². The molecule has 1 aromatic heterocycles. The van der Waals surface area contributed by atoms with Crippen LogP contribution in [0.1, 0.15) is 44.2 Å². The Labute approximate surface area is 174 Å². The Morgan fingerprint density at radius 2 is 2.07 bits per heavy atom. The largest absolute Gasteiger partial charge is 0.381 e. The van der Waals surface area contributed by atoms with E-state index in [0.717, 1.165) is 77.5 Å². The fourth-order valence-corrected chi connectivity index (χ4v) is 3.78. The average molecular weight is 401 g/mol. The van der Waals surface area contributed by atoms with E-state index >= 15 is 0 Å². The van der Waals surface area contributed by atoms with Crippen molar-refractivity contribution in [1.29, 1.82) is 0 Å². The molecule has 0 saturated carbocycles. The molecule has 1 fully saturated rings. The van der Waals surface area contributed by atoms with Gasteiger partial charge in [-0.1, -0.05) is 25.1 Å². The van der Waals surface area contributed by atoms with Gasteiger partial charge in [0.2, 0.25) is 0 Å². The van der Waals surface area contributed by atoms with Gasteiger partial charge in [0.15, 0.2) is 5.96 Å². The van der Waals surface area contributed by atoms with E-state index in [1.165, 1.54) is 22.0 Å². The van der Waals surface area contributed by atoms with Gasteiger partial charge in [-0.25, -0.2) is 0 Å². The number of aryl methyl sites for hydroxylation is 1. The smallest absolute Gasteiger partial charge is 0.191 e. The highest BCUT2D eigenvalue weighted by atomic mass is 16.5. The summed E-state index contributed by atoms with van der Waals surface area (Å²) in [6.45, 7) is 9.20. The number of aromatic nitrogens is 1. The number of H-pyrrole nitrogens is 1. The van der Waals surface area contributed by atoms with E-state index in [9.17, 15) is 0 Å². The van der Waals surface area contributed by atoms with E-state index in [1.54, 1.807) is 0 Å². The van der Waals surface area contributed by atoms with Crippen LogP contribution in [0.25, 0.3) is 10.9 Å². The number of hydrogen-bond donors (Lipinski definition) is 3. The van der Waals surface area contributed by atoms with Crippen LogP contribution in [0.3, 0.4) is 0 Å². The third-order valence-electron chi connectivity index (χ3n) is 5.39. The molecule has 0 bridgehead atoms. The van der Waals surface area contributed by atoms with Crippen molar-refractivity contribution in [3.8, 4) is 0 Å². The van der Waals surface area contributed by atoms with Gasteiger partial charge in [-0.15, -0.1) is 0 Å². The van der Waals surface area contributed by atoms with E-state index in [0.29, 0.717) is 6.10 Å². The Hall–Kier alpha value is -2.05. The molecule has 2 aromatic rings. The summed E-state index contributed by atoms with van der Waals surface area (Å²) < 4.78 is 11.3. The highest BCUT2D eigenvalue weighted by molar-refractivity contribution is 5.86. The van der Waals surface area contributed by atoms with E-state index in [-0.39, 0.29) is 0 Å². The molecule has 3 N–H and O–H groups in total. The van der Waals surface area contributed by atoms with Crippen molar-refractivity contribution in [2.75, 3.05) is 39.5 Å². The molecular formula is C23H36N4O2. The molecule has 2 heterocycles. The lowest BCUT2D eigenvalue weighted by atomic mass is 10.1. The van der Waals surface area contributed by atoms with Crippen LogP contribution in [0, 0.1) is 0 Å². The van der Waals surface area contributed by atoms with Gasteiger partial charge >= 0.3 is 0 Å². The van der Waals surface area contributed by atoms with Crippen LogP contribution in [0.5, 0.6) is 0 Å². The number of ether oxygens (including phenoxy) is 2. The van der Waals surface area contributed by atoms with Gasteiger partial charge in [0, 0.05) is 56.6 Å². The fourth-order valence-electron chi connectivity index (χ4n) is 3.78. The zero-order valence-electron chi connectivity index (χ0n) is 17.9. The quantitative estimate of drug-likeness (QED) is 0.325. The topological polar surface area (TPSA) is 70.7 Å². The number of para-hydroxylation sites is 1. The molecular weight excluding hydrogens is 364 g/mol. The lowest BCUT2D eigenvalue weighted by molar-refractivity contribution is -0.0318. The van der Waals surface area contributed by atoms with E-state index in [2.05, 4.69) is 58.9 Å². The SMILES string of the molecule is CCNC(=NCCCOC1CCOCC1)NCCc1c[nH]c2c(CC)cccc12. The predicted octanol–water partition coefficient (Wildman–Crippen LogP) is 3.41. The first-order valence-electron chi connectivity index (χ1n) is 11.1. The monoisotopic (exact) mass is 400 g/mol. The molecule has 1 aliphatic rings. The van der Waals surface area contributed by atoms with E-state index in [1.807, 2.05) is 0 Å². The van der Waals surface area contributed by atoms with Crippen molar-refractivity contribution in [2.24, 2.45) is 4.99 Å². The second-order valence-electron chi connectivity index (χ2n) is 7.48. The Morgan fingerprint density at radius 3 is 2.86 bits per heavy atom. The van der Waals surface area contributed by atoms with Gasteiger partial charge in [-0.05, 0) is 50.2 Å². The van der Waals surface area contributed by atoms with Crippen LogP contribution in [0.4, 0.5) is 0 Å². The summed E-state index contributed by atoms with van der Waals surface area (Å²) in [5, 5.41) is 8.12. The molecule has 0 unspecified atom stereocenters.